The number of nitrogens with zero attached hydrogens (tertiary/aromatic N) is 1. The van der Waals surface area contributed by atoms with E-state index in [4.69, 9.17) is 0 Å². The van der Waals surface area contributed by atoms with Crippen molar-refractivity contribution in [3.8, 4) is 5.75 Å². The zero-order chi connectivity index (χ0) is 14.7. The van der Waals surface area contributed by atoms with Crippen LogP contribution in [-0.4, -0.2) is 15.9 Å². The highest BCUT2D eigenvalue weighted by Crippen LogP contribution is 2.30. The number of benzene rings is 2. The number of hydrogen-bond donors (Lipinski definition) is 2. The van der Waals surface area contributed by atoms with E-state index >= 15 is 0 Å². The van der Waals surface area contributed by atoms with Gasteiger partial charge < -0.3 is 10.4 Å². The molecular formula is C13H9IN2O4. The molecular weight excluding hydrogens is 375 g/mol. The molecule has 20 heavy (non-hydrogen) atoms. The first-order valence-electron chi connectivity index (χ1n) is 5.53. The molecule has 0 fully saturated rings. The highest BCUT2D eigenvalue weighted by atomic mass is 127. The number of hydrogen-bond acceptors (Lipinski definition) is 4. The summed E-state index contributed by atoms with van der Waals surface area (Å²) in [5, 5.41) is 23.1. The van der Waals surface area contributed by atoms with Crippen LogP contribution in [0, 0.1) is 13.7 Å². The summed E-state index contributed by atoms with van der Waals surface area (Å²) in [5.74, 6) is -1.24. The van der Waals surface area contributed by atoms with Gasteiger partial charge in [-0.25, -0.2) is 0 Å². The standard InChI is InChI=1S/C13H9IN2O4/c14-9-5-1-2-6-10(9)15-13(18)8-4-3-7-11(12(8)17)16(19)20/h1-7,17H,(H,15,18). The van der Waals surface area contributed by atoms with Crippen molar-refractivity contribution in [2.75, 3.05) is 5.32 Å². The van der Waals surface area contributed by atoms with Gasteiger partial charge in [-0.15, -0.1) is 0 Å². The van der Waals surface area contributed by atoms with Crippen LogP contribution in [0.15, 0.2) is 42.5 Å². The van der Waals surface area contributed by atoms with Gasteiger partial charge in [0.25, 0.3) is 5.91 Å². The molecule has 0 heterocycles. The average molecular weight is 384 g/mol. The monoisotopic (exact) mass is 384 g/mol. The van der Waals surface area contributed by atoms with E-state index in [0.29, 0.717) is 5.69 Å². The fourth-order valence-corrected chi connectivity index (χ4v) is 2.14. The highest BCUT2D eigenvalue weighted by Gasteiger charge is 2.21. The predicted molar refractivity (Wildman–Crippen MR) is 81.9 cm³/mol. The maximum Gasteiger partial charge on any atom is 0.311 e. The van der Waals surface area contributed by atoms with E-state index in [1.54, 1.807) is 12.1 Å². The van der Waals surface area contributed by atoms with Crippen molar-refractivity contribution in [3.63, 3.8) is 0 Å². The topological polar surface area (TPSA) is 92.5 Å². The Morgan fingerprint density at radius 2 is 1.90 bits per heavy atom. The third-order valence-corrected chi connectivity index (χ3v) is 3.52. The van der Waals surface area contributed by atoms with Crippen LogP contribution in [0.25, 0.3) is 0 Å². The Balaban J connectivity index is 2.33. The average Bonchev–Trinajstić information content (AvgIpc) is 2.41. The molecule has 2 N–H and O–H groups in total. The van der Waals surface area contributed by atoms with Crippen LogP contribution in [0.3, 0.4) is 0 Å². The fraction of sp³-hybridized carbons (Fsp3) is 0. The van der Waals surface area contributed by atoms with Crippen LogP contribution < -0.4 is 5.32 Å². The van der Waals surface area contributed by atoms with E-state index in [0.717, 1.165) is 9.64 Å². The molecule has 6 nitrogen and oxygen atoms in total. The summed E-state index contributed by atoms with van der Waals surface area (Å²) in [5.41, 5.74) is -0.0664. The van der Waals surface area contributed by atoms with E-state index in [1.165, 1.54) is 12.1 Å². The molecule has 0 radical (unpaired) electrons. The third kappa shape index (κ3) is 2.87. The maximum absolute atomic E-state index is 12.1. The van der Waals surface area contributed by atoms with Crippen LogP contribution in [0.4, 0.5) is 11.4 Å². The van der Waals surface area contributed by atoms with Crippen LogP contribution in [0.1, 0.15) is 10.4 Å². The van der Waals surface area contributed by atoms with Gasteiger partial charge in [-0.1, -0.05) is 18.2 Å². The van der Waals surface area contributed by atoms with Crippen LogP contribution in [-0.2, 0) is 0 Å². The molecule has 0 spiro atoms. The zero-order valence-corrected chi connectivity index (χ0v) is 12.2. The summed E-state index contributed by atoms with van der Waals surface area (Å²) < 4.78 is 0.823. The molecule has 2 aromatic carbocycles. The summed E-state index contributed by atoms with van der Waals surface area (Å²) >= 11 is 2.05. The fourth-order valence-electron chi connectivity index (χ4n) is 1.61. The Morgan fingerprint density at radius 1 is 1.20 bits per heavy atom. The van der Waals surface area contributed by atoms with E-state index < -0.39 is 22.3 Å². The van der Waals surface area contributed by atoms with Gasteiger partial charge in [0.2, 0.25) is 5.75 Å². The lowest BCUT2D eigenvalue weighted by molar-refractivity contribution is -0.385. The van der Waals surface area contributed by atoms with Gasteiger partial charge in [-0.05, 0) is 40.8 Å². The van der Waals surface area contributed by atoms with Crippen molar-refractivity contribution in [1.29, 1.82) is 0 Å². The number of anilines is 1. The number of carbonyl (C=O) groups is 1. The molecule has 1 amide bonds. The lowest BCUT2D eigenvalue weighted by Gasteiger charge is -2.08. The molecule has 0 atom stereocenters. The number of halogens is 1. The third-order valence-electron chi connectivity index (χ3n) is 2.58. The second-order valence-electron chi connectivity index (χ2n) is 3.86. The zero-order valence-electron chi connectivity index (χ0n) is 10.0. The number of amides is 1. The minimum Gasteiger partial charge on any atom is -0.502 e. The largest absolute Gasteiger partial charge is 0.502 e. The van der Waals surface area contributed by atoms with Crippen molar-refractivity contribution in [1.82, 2.24) is 0 Å². The minimum atomic E-state index is -0.738. The molecule has 0 bridgehead atoms. The normalized spacial score (nSPS) is 10.1. The number of nitro groups is 1. The molecule has 0 aromatic heterocycles. The summed E-state index contributed by atoms with van der Waals surface area (Å²) in [6.45, 7) is 0. The first-order valence-corrected chi connectivity index (χ1v) is 6.61. The van der Waals surface area contributed by atoms with Gasteiger partial charge in [0.15, 0.2) is 0 Å². The highest BCUT2D eigenvalue weighted by molar-refractivity contribution is 14.1. The van der Waals surface area contributed by atoms with Crippen molar-refractivity contribution in [2.24, 2.45) is 0 Å². The number of para-hydroxylation sites is 2. The number of rotatable bonds is 3. The first kappa shape index (κ1) is 14.3. The van der Waals surface area contributed by atoms with Crippen molar-refractivity contribution in [3.05, 3.63) is 61.7 Å². The Labute approximate surface area is 127 Å². The molecule has 0 aliphatic heterocycles. The lowest BCUT2D eigenvalue weighted by Crippen LogP contribution is -2.13. The second kappa shape index (κ2) is 5.87. The number of aromatic hydroxyl groups is 1. The van der Waals surface area contributed by atoms with Gasteiger partial charge in [0, 0.05) is 9.64 Å². The molecule has 2 aromatic rings. The van der Waals surface area contributed by atoms with Crippen LogP contribution in [0.5, 0.6) is 5.75 Å². The van der Waals surface area contributed by atoms with E-state index in [9.17, 15) is 20.0 Å². The predicted octanol–water partition coefficient (Wildman–Crippen LogP) is 3.16. The quantitative estimate of drug-likeness (QED) is 0.483. The number of nitro benzene ring substituents is 1. The second-order valence-corrected chi connectivity index (χ2v) is 5.03. The summed E-state index contributed by atoms with van der Waals surface area (Å²) in [4.78, 5) is 22.0. The molecule has 102 valence electrons. The maximum atomic E-state index is 12.1. The van der Waals surface area contributed by atoms with E-state index in [-0.39, 0.29) is 5.56 Å². The SMILES string of the molecule is O=C(Nc1ccccc1I)c1cccc([N+](=O)[O-])c1O. The Bertz CT molecular complexity index is 688. The molecule has 0 unspecified atom stereocenters. The van der Waals surface area contributed by atoms with Gasteiger partial charge in [0.05, 0.1) is 16.2 Å². The molecule has 2 rings (SSSR count). The lowest BCUT2D eigenvalue weighted by atomic mass is 10.1. The van der Waals surface area contributed by atoms with Crippen LogP contribution in [0.2, 0.25) is 0 Å². The van der Waals surface area contributed by atoms with Gasteiger partial charge in [-0.2, -0.15) is 0 Å². The molecule has 0 saturated carbocycles. The number of nitrogens with one attached hydrogen (secondary N) is 1. The Kier molecular flexibility index (Phi) is 4.18. The van der Waals surface area contributed by atoms with Gasteiger partial charge >= 0.3 is 5.69 Å². The van der Waals surface area contributed by atoms with Gasteiger partial charge in [-0.3, -0.25) is 14.9 Å². The Hall–Kier alpha value is -2.16. The van der Waals surface area contributed by atoms with E-state index in [1.807, 2.05) is 12.1 Å². The van der Waals surface area contributed by atoms with Crippen molar-refractivity contribution < 1.29 is 14.8 Å². The smallest absolute Gasteiger partial charge is 0.311 e. The number of carbonyl (C=O) groups excluding carboxylic acids is 1. The molecule has 0 aliphatic rings. The first-order chi connectivity index (χ1) is 9.50. The van der Waals surface area contributed by atoms with Crippen molar-refractivity contribution in [2.45, 2.75) is 0 Å². The van der Waals surface area contributed by atoms with Crippen molar-refractivity contribution >= 4 is 39.9 Å². The molecule has 0 saturated heterocycles. The number of phenolic OH excluding ortho intramolecular Hbond substituents is 1. The molecule has 0 aliphatic carbocycles. The summed E-state index contributed by atoms with van der Waals surface area (Å²) in [6, 6.07) is 10.9. The minimum absolute atomic E-state index is 0.140. The summed E-state index contributed by atoms with van der Waals surface area (Å²) in [7, 11) is 0. The Morgan fingerprint density at radius 3 is 2.55 bits per heavy atom. The summed E-state index contributed by atoms with van der Waals surface area (Å²) in [6.07, 6.45) is 0. The molecule has 7 heteroatoms. The number of phenols is 1. The van der Waals surface area contributed by atoms with Crippen LogP contribution >= 0.6 is 22.6 Å². The van der Waals surface area contributed by atoms with E-state index in [2.05, 4.69) is 27.9 Å². The van der Waals surface area contributed by atoms with Gasteiger partial charge in [0.1, 0.15) is 0 Å².